The zero-order valence-corrected chi connectivity index (χ0v) is 10.3. The van der Waals surface area contributed by atoms with Crippen LogP contribution in [0, 0.1) is 5.92 Å². The van der Waals surface area contributed by atoms with E-state index >= 15 is 0 Å². The Labute approximate surface area is 84.5 Å². The molecule has 1 nitrogen and oxygen atoms in total. The Hall–Kier alpha value is -0.0400. The van der Waals surface area contributed by atoms with E-state index in [0.29, 0.717) is 0 Å². The average Bonchev–Trinajstić information content (AvgIpc) is 2.14. The molecule has 0 aliphatic rings. The molecule has 1 unspecified atom stereocenters. The second kappa shape index (κ2) is 6.42. The Bertz CT molecular complexity index is 122. The van der Waals surface area contributed by atoms with Crippen LogP contribution in [0.25, 0.3) is 0 Å². The van der Waals surface area contributed by atoms with Crippen LogP contribution in [0.15, 0.2) is 0 Å². The highest BCUT2D eigenvalue weighted by Gasteiger charge is 2.15. The monoisotopic (exact) mass is 185 g/mol. The van der Waals surface area contributed by atoms with Gasteiger partial charge >= 0.3 is 0 Å². The van der Waals surface area contributed by atoms with Gasteiger partial charge in [0, 0.05) is 12.1 Å². The van der Waals surface area contributed by atoms with E-state index in [2.05, 4.69) is 46.6 Å². The van der Waals surface area contributed by atoms with Crippen molar-refractivity contribution >= 4 is 0 Å². The maximum absolute atomic E-state index is 2.51. The predicted molar refractivity (Wildman–Crippen MR) is 61.1 cm³/mol. The number of hydrogen-bond donors (Lipinski definition) is 0. The quantitative estimate of drug-likeness (QED) is 0.612. The minimum absolute atomic E-state index is 0.721. The van der Waals surface area contributed by atoms with E-state index in [1.54, 1.807) is 0 Å². The fraction of sp³-hybridized carbons (Fsp3) is 1.00. The molecule has 0 aliphatic carbocycles. The van der Waals surface area contributed by atoms with Gasteiger partial charge in [0.15, 0.2) is 0 Å². The SMILES string of the molecule is CCC(C)N(C)[C@H](C)C[C@H](C)CC. The molecule has 0 bridgehead atoms. The zero-order chi connectivity index (χ0) is 10.4. The molecule has 13 heavy (non-hydrogen) atoms. The first-order valence-electron chi connectivity index (χ1n) is 5.74. The van der Waals surface area contributed by atoms with Crippen molar-refractivity contribution in [1.82, 2.24) is 4.90 Å². The topological polar surface area (TPSA) is 3.24 Å². The van der Waals surface area contributed by atoms with Crippen LogP contribution in [0.1, 0.15) is 53.9 Å². The molecule has 3 atom stereocenters. The Morgan fingerprint density at radius 2 is 1.46 bits per heavy atom. The number of nitrogens with zero attached hydrogens (tertiary/aromatic N) is 1. The van der Waals surface area contributed by atoms with Gasteiger partial charge in [0.25, 0.3) is 0 Å². The first-order valence-corrected chi connectivity index (χ1v) is 5.74. The van der Waals surface area contributed by atoms with Crippen molar-refractivity contribution in [3.63, 3.8) is 0 Å². The highest BCUT2D eigenvalue weighted by Crippen LogP contribution is 2.15. The summed E-state index contributed by atoms with van der Waals surface area (Å²) in [6, 6.07) is 1.45. The normalized spacial score (nSPS) is 18.7. The van der Waals surface area contributed by atoms with E-state index in [1.165, 1.54) is 19.3 Å². The fourth-order valence-corrected chi connectivity index (χ4v) is 1.64. The van der Waals surface area contributed by atoms with Crippen molar-refractivity contribution in [3.05, 3.63) is 0 Å². The van der Waals surface area contributed by atoms with Crippen LogP contribution in [0.2, 0.25) is 0 Å². The third-order valence-corrected chi connectivity index (χ3v) is 3.42. The molecule has 0 radical (unpaired) electrons. The minimum atomic E-state index is 0.721. The summed E-state index contributed by atoms with van der Waals surface area (Å²) in [6.45, 7) is 11.5. The van der Waals surface area contributed by atoms with Crippen LogP contribution in [-0.4, -0.2) is 24.0 Å². The summed E-state index contributed by atoms with van der Waals surface area (Å²) in [5.41, 5.74) is 0. The first kappa shape index (κ1) is 13.0. The van der Waals surface area contributed by atoms with Crippen LogP contribution in [0.3, 0.4) is 0 Å². The molecule has 0 saturated heterocycles. The molecule has 0 aromatic rings. The van der Waals surface area contributed by atoms with Gasteiger partial charge in [-0.3, -0.25) is 0 Å². The lowest BCUT2D eigenvalue weighted by Crippen LogP contribution is -2.37. The van der Waals surface area contributed by atoms with E-state index in [1.807, 2.05) is 0 Å². The molecular weight excluding hydrogens is 158 g/mol. The van der Waals surface area contributed by atoms with Crippen LogP contribution >= 0.6 is 0 Å². The Balaban J connectivity index is 3.87. The van der Waals surface area contributed by atoms with Gasteiger partial charge in [0.1, 0.15) is 0 Å². The van der Waals surface area contributed by atoms with E-state index in [4.69, 9.17) is 0 Å². The highest BCUT2D eigenvalue weighted by molar-refractivity contribution is 4.70. The maximum Gasteiger partial charge on any atom is 0.00692 e. The molecule has 0 spiro atoms. The van der Waals surface area contributed by atoms with E-state index in [-0.39, 0.29) is 0 Å². The Morgan fingerprint density at radius 1 is 0.923 bits per heavy atom. The molecular formula is C12H27N. The molecule has 0 amide bonds. The third kappa shape index (κ3) is 4.66. The fourth-order valence-electron chi connectivity index (χ4n) is 1.64. The van der Waals surface area contributed by atoms with Crippen LogP contribution in [0.5, 0.6) is 0 Å². The smallest absolute Gasteiger partial charge is 0.00692 e. The van der Waals surface area contributed by atoms with Gasteiger partial charge in [-0.15, -0.1) is 0 Å². The molecule has 0 aliphatic heterocycles. The van der Waals surface area contributed by atoms with Gasteiger partial charge < -0.3 is 4.90 Å². The largest absolute Gasteiger partial charge is 0.301 e. The summed E-state index contributed by atoms with van der Waals surface area (Å²) in [4.78, 5) is 2.51. The summed E-state index contributed by atoms with van der Waals surface area (Å²) in [7, 11) is 2.25. The third-order valence-electron chi connectivity index (χ3n) is 3.42. The Morgan fingerprint density at radius 3 is 1.85 bits per heavy atom. The van der Waals surface area contributed by atoms with Gasteiger partial charge in [0.05, 0.1) is 0 Å². The molecule has 0 N–H and O–H groups in total. The van der Waals surface area contributed by atoms with Crippen molar-refractivity contribution in [2.24, 2.45) is 5.92 Å². The van der Waals surface area contributed by atoms with Crippen molar-refractivity contribution in [3.8, 4) is 0 Å². The highest BCUT2D eigenvalue weighted by atomic mass is 15.1. The number of hydrogen-bond acceptors (Lipinski definition) is 1. The Kier molecular flexibility index (Phi) is 6.40. The zero-order valence-electron chi connectivity index (χ0n) is 10.3. The van der Waals surface area contributed by atoms with Crippen LogP contribution in [0.4, 0.5) is 0 Å². The van der Waals surface area contributed by atoms with Gasteiger partial charge in [-0.05, 0) is 39.7 Å². The summed E-state index contributed by atoms with van der Waals surface area (Å²) in [5, 5.41) is 0. The first-order chi connectivity index (χ1) is 6.02. The van der Waals surface area contributed by atoms with Crippen molar-refractivity contribution in [2.75, 3.05) is 7.05 Å². The molecule has 1 heteroatoms. The molecule has 0 aromatic heterocycles. The second-order valence-electron chi connectivity index (χ2n) is 4.52. The maximum atomic E-state index is 2.51. The summed E-state index contributed by atoms with van der Waals surface area (Å²) >= 11 is 0. The van der Waals surface area contributed by atoms with Gasteiger partial charge in [-0.1, -0.05) is 27.2 Å². The van der Waals surface area contributed by atoms with Crippen molar-refractivity contribution in [2.45, 2.75) is 66.0 Å². The summed E-state index contributed by atoms with van der Waals surface area (Å²) in [5.74, 6) is 0.863. The van der Waals surface area contributed by atoms with E-state index in [0.717, 1.165) is 18.0 Å². The minimum Gasteiger partial charge on any atom is -0.301 e. The average molecular weight is 185 g/mol. The van der Waals surface area contributed by atoms with Crippen molar-refractivity contribution in [1.29, 1.82) is 0 Å². The predicted octanol–water partition coefficient (Wildman–Crippen LogP) is 3.54. The summed E-state index contributed by atoms with van der Waals surface area (Å²) < 4.78 is 0. The summed E-state index contributed by atoms with van der Waals surface area (Å²) in [6.07, 6.45) is 3.89. The molecule has 0 heterocycles. The lowest BCUT2D eigenvalue weighted by atomic mass is 9.98. The van der Waals surface area contributed by atoms with Gasteiger partial charge in [-0.2, -0.15) is 0 Å². The second-order valence-corrected chi connectivity index (χ2v) is 4.52. The molecule has 0 fully saturated rings. The molecule has 0 aromatic carbocycles. The van der Waals surface area contributed by atoms with E-state index < -0.39 is 0 Å². The van der Waals surface area contributed by atoms with E-state index in [9.17, 15) is 0 Å². The van der Waals surface area contributed by atoms with Crippen molar-refractivity contribution < 1.29 is 0 Å². The van der Waals surface area contributed by atoms with Gasteiger partial charge in [0.2, 0.25) is 0 Å². The standard InChI is InChI=1S/C12H27N/c1-7-10(3)9-12(5)13(6)11(4)8-2/h10-12H,7-9H2,1-6H3/t10-,11?,12-/m1/s1. The van der Waals surface area contributed by atoms with Crippen LogP contribution < -0.4 is 0 Å². The molecule has 80 valence electrons. The number of rotatable bonds is 6. The van der Waals surface area contributed by atoms with Crippen LogP contribution in [-0.2, 0) is 0 Å². The molecule has 0 saturated carbocycles. The van der Waals surface area contributed by atoms with Gasteiger partial charge in [-0.25, -0.2) is 0 Å². The lowest BCUT2D eigenvalue weighted by molar-refractivity contribution is 0.168. The molecule has 0 rings (SSSR count). The lowest BCUT2D eigenvalue weighted by Gasteiger charge is -2.31.